The molecule has 1 N–H and O–H groups in total. The van der Waals surface area contributed by atoms with E-state index in [0.29, 0.717) is 22.4 Å². The molecular formula is C14H13N3O2. The van der Waals surface area contributed by atoms with Crippen LogP contribution in [0.3, 0.4) is 0 Å². The van der Waals surface area contributed by atoms with E-state index in [0.717, 1.165) is 0 Å². The van der Waals surface area contributed by atoms with E-state index in [2.05, 4.69) is 5.32 Å². The van der Waals surface area contributed by atoms with Gasteiger partial charge in [0.25, 0.3) is 0 Å². The molecule has 0 unspecified atom stereocenters. The maximum Gasteiger partial charge on any atom is 0.229 e. The van der Waals surface area contributed by atoms with E-state index in [9.17, 15) is 9.59 Å². The van der Waals surface area contributed by atoms with Crippen LogP contribution in [-0.2, 0) is 4.79 Å². The molecule has 19 heavy (non-hydrogen) atoms. The highest BCUT2D eigenvalue weighted by atomic mass is 16.2. The van der Waals surface area contributed by atoms with Gasteiger partial charge in [0, 0.05) is 31.4 Å². The minimum Gasteiger partial charge on any atom is -0.383 e. The third-order valence-electron chi connectivity index (χ3n) is 2.72. The molecule has 5 nitrogen and oxygen atoms in total. The summed E-state index contributed by atoms with van der Waals surface area (Å²) in [5, 5.41) is 11.5. The van der Waals surface area contributed by atoms with Crippen LogP contribution in [0, 0.1) is 11.3 Å². The number of nitriles is 1. The Morgan fingerprint density at radius 3 is 2.74 bits per heavy atom. The molecule has 1 aromatic carbocycles. The second-order valence-electron chi connectivity index (χ2n) is 4.54. The van der Waals surface area contributed by atoms with Crippen LogP contribution in [-0.4, -0.2) is 30.7 Å². The molecule has 0 fully saturated rings. The Hall–Kier alpha value is -2.61. The number of Topliss-reactive ketones (excluding diaryl/α,β-unsaturated/α-hetero) is 1. The fourth-order valence-corrected chi connectivity index (χ4v) is 1.95. The van der Waals surface area contributed by atoms with Crippen LogP contribution >= 0.6 is 0 Å². The highest BCUT2D eigenvalue weighted by Gasteiger charge is 2.24. The van der Waals surface area contributed by atoms with E-state index in [-0.39, 0.29) is 18.1 Å². The highest BCUT2D eigenvalue weighted by molar-refractivity contribution is 6.18. The van der Waals surface area contributed by atoms with Crippen LogP contribution in [0.5, 0.6) is 0 Å². The summed E-state index contributed by atoms with van der Waals surface area (Å²) in [6.45, 7) is 0. The first-order valence-electron chi connectivity index (χ1n) is 5.77. The number of carbonyl (C=O) groups is 2. The average molecular weight is 255 g/mol. The van der Waals surface area contributed by atoms with E-state index in [1.165, 1.54) is 6.07 Å². The summed E-state index contributed by atoms with van der Waals surface area (Å²) in [5.41, 5.74) is 1.66. The quantitative estimate of drug-likeness (QED) is 0.772. The van der Waals surface area contributed by atoms with Gasteiger partial charge in [0.1, 0.15) is 0 Å². The first kappa shape index (κ1) is 12.8. The topological polar surface area (TPSA) is 73.2 Å². The Morgan fingerprint density at radius 1 is 1.37 bits per heavy atom. The van der Waals surface area contributed by atoms with Crippen molar-refractivity contribution in [3.8, 4) is 6.07 Å². The third kappa shape index (κ3) is 2.63. The molecule has 0 atom stereocenters. The largest absolute Gasteiger partial charge is 0.383 e. The molecule has 1 aliphatic heterocycles. The molecule has 0 spiro atoms. The standard InChI is InChI=1S/C14H13N3O2/c1-17(2)8-10-6-13(18)16-12-5-9(7-15)3-4-11(12)14(10)19/h3-5,8H,6H2,1-2H3,(H,16,18)/b10-8-. The molecule has 5 heteroatoms. The molecule has 96 valence electrons. The minimum absolute atomic E-state index is 0.0353. The lowest BCUT2D eigenvalue weighted by molar-refractivity contribution is -0.115. The zero-order valence-corrected chi connectivity index (χ0v) is 10.7. The molecule has 1 amide bonds. The predicted octanol–water partition coefficient (Wildman–Crippen LogP) is 1.53. The maximum atomic E-state index is 12.3. The number of hydrogen-bond acceptors (Lipinski definition) is 4. The number of anilines is 1. The maximum absolute atomic E-state index is 12.3. The van der Waals surface area contributed by atoms with Crippen LogP contribution in [0.4, 0.5) is 5.69 Å². The summed E-state index contributed by atoms with van der Waals surface area (Å²) in [4.78, 5) is 25.9. The molecular weight excluding hydrogens is 242 g/mol. The van der Waals surface area contributed by atoms with Crippen molar-refractivity contribution in [1.82, 2.24) is 4.90 Å². The Balaban J connectivity index is 2.54. The summed E-state index contributed by atoms with van der Waals surface area (Å²) in [7, 11) is 3.59. The predicted molar refractivity (Wildman–Crippen MR) is 70.5 cm³/mol. The Bertz CT molecular complexity index is 624. The number of carbonyl (C=O) groups excluding carboxylic acids is 2. The molecule has 0 saturated carbocycles. The number of amides is 1. The SMILES string of the molecule is CN(C)/C=C1/CC(=O)Nc2cc(C#N)ccc2C1=O. The molecule has 1 heterocycles. The summed E-state index contributed by atoms with van der Waals surface area (Å²) in [6, 6.07) is 6.65. The van der Waals surface area contributed by atoms with Crippen molar-refractivity contribution >= 4 is 17.4 Å². The van der Waals surface area contributed by atoms with Crippen molar-refractivity contribution in [1.29, 1.82) is 5.26 Å². The average Bonchev–Trinajstić information content (AvgIpc) is 2.46. The number of nitrogens with zero attached hydrogens (tertiary/aromatic N) is 2. The molecule has 0 aliphatic carbocycles. The van der Waals surface area contributed by atoms with E-state index >= 15 is 0 Å². The van der Waals surface area contributed by atoms with Gasteiger partial charge in [0.05, 0.1) is 23.7 Å². The van der Waals surface area contributed by atoms with Crippen molar-refractivity contribution < 1.29 is 9.59 Å². The Labute approximate surface area is 111 Å². The minimum atomic E-state index is -0.254. The first-order valence-corrected chi connectivity index (χ1v) is 5.77. The third-order valence-corrected chi connectivity index (χ3v) is 2.72. The van der Waals surface area contributed by atoms with Crippen molar-refractivity contribution in [2.24, 2.45) is 0 Å². The van der Waals surface area contributed by atoms with E-state index < -0.39 is 0 Å². The fourth-order valence-electron chi connectivity index (χ4n) is 1.95. The molecule has 0 radical (unpaired) electrons. The Kier molecular flexibility index (Phi) is 3.34. The van der Waals surface area contributed by atoms with Gasteiger partial charge in [0.2, 0.25) is 5.91 Å². The van der Waals surface area contributed by atoms with Crippen LogP contribution in [0.15, 0.2) is 30.0 Å². The lowest BCUT2D eigenvalue weighted by atomic mass is 10.0. The number of benzene rings is 1. The van der Waals surface area contributed by atoms with Gasteiger partial charge in [-0.2, -0.15) is 5.26 Å². The number of nitrogens with one attached hydrogen (secondary N) is 1. The summed E-state index contributed by atoms with van der Waals surface area (Å²) < 4.78 is 0. The van der Waals surface area contributed by atoms with Gasteiger partial charge in [-0.05, 0) is 18.2 Å². The molecule has 2 rings (SSSR count). The number of hydrogen-bond donors (Lipinski definition) is 1. The van der Waals surface area contributed by atoms with Gasteiger partial charge < -0.3 is 10.2 Å². The lowest BCUT2D eigenvalue weighted by Gasteiger charge is -2.08. The van der Waals surface area contributed by atoms with Crippen molar-refractivity contribution in [3.05, 3.63) is 41.1 Å². The summed E-state index contributed by atoms with van der Waals surface area (Å²) in [6.07, 6.45) is 1.68. The molecule has 0 saturated heterocycles. The Morgan fingerprint density at radius 2 is 2.11 bits per heavy atom. The van der Waals surface area contributed by atoms with E-state index in [4.69, 9.17) is 5.26 Å². The van der Waals surface area contributed by atoms with Crippen LogP contribution in [0.1, 0.15) is 22.3 Å². The van der Waals surface area contributed by atoms with Crippen LogP contribution in [0.2, 0.25) is 0 Å². The van der Waals surface area contributed by atoms with Gasteiger partial charge in [-0.15, -0.1) is 0 Å². The summed E-state index contributed by atoms with van der Waals surface area (Å²) in [5.74, 6) is -0.443. The normalized spacial score (nSPS) is 16.4. The monoisotopic (exact) mass is 255 g/mol. The van der Waals surface area contributed by atoms with E-state index in [1.54, 1.807) is 37.3 Å². The van der Waals surface area contributed by atoms with Crippen LogP contribution in [0.25, 0.3) is 0 Å². The first-order chi connectivity index (χ1) is 9.01. The fraction of sp³-hybridized carbons (Fsp3) is 0.214. The van der Waals surface area contributed by atoms with Crippen molar-refractivity contribution in [2.75, 3.05) is 19.4 Å². The zero-order valence-electron chi connectivity index (χ0n) is 10.7. The van der Waals surface area contributed by atoms with Gasteiger partial charge in [0.15, 0.2) is 5.78 Å². The number of fused-ring (bicyclic) bond motifs is 1. The number of ketones is 1. The second-order valence-corrected chi connectivity index (χ2v) is 4.54. The molecule has 0 bridgehead atoms. The van der Waals surface area contributed by atoms with Crippen molar-refractivity contribution in [3.63, 3.8) is 0 Å². The molecule has 0 aromatic heterocycles. The smallest absolute Gasteiger partial charge is 0.229 e. The van der Waals surface area contributed by atoms with Gasteiger partial charge >= 0.3 is 0 Å². The lowest BCUT2D eigenvalue weighted by Crippen LogP contribution is -2.12. The number of rotatable bonds is 1. The highest BCUT2D eigenvalue weighted by Crippen LogP contribution is 2.26. The zero-order chi connectivity index (χ0) is 14.0. The van der Waals surface area contributed by atoms with Crippen molar-refractivity contribution in [2.45, 2.75) is 6.42 Å². The molecule has 1 aliphatic rings. The van der Waals surface area contributed by atoms with Crippen LogP contribution < -0.4 is 5.32 Å². The second kappa shape index (κ2) is 4.94. The molecule has 1 aromatic rings. The van der Waals surface area contributed by atoms with E-state index in [1.807, 2.05) is 6.07 Å². The van der Waals surface area contributed by atoms with Gasteiger partial charge in [-0.1, -0.05) is 0 Å². The summed E-state index contributed by atoms with van der Waals surface area (Å²) >= 11 is 0. The van der Waals surface area contributed by atoms with Gasteiger partial charge in [-0.25, -0.2) is 0 Å². The van der Waals surface area contributed by atoms with Gasteiger partial charge in [-0.3, -0.25) is 9.59 Å².